The van der Waals surface area contributed by atoms with Crippen molar-refractivity contribution in [2.24, 2.45) is 0 Å². The number of para-hydroxylation sites is 1. The van der Waals surface area contributed by atoms with Gasteiger partial charge < -0.3 is 14.5 Å². The maximum absolute atomic E-state index is 12.8. The first-order valence-electron chi connectivity index (χ1n) is 10.00. The van der Waals surface area contributed by atoms with Crippen LogP contribution in [0.25, 0.3) is 22.6 Å². The molecule has 1 amide bonds. The Balaban J connectivity index is 1.52. The van der Waals surface area contributed by atoms with E-state index in [1.54, 1.807) is 26.0 Å². The molecule has 0 aliphatic rings. The summed E-state index contributed by atoms with van der Waals surface area (Å²) < 4.78 is 11.7. The van der Waals surface area contributed by atoms with Crippen LogP contribution in [0.1, 0.15) is 26.3 Å². The van der Waals surface area contributed by atoms with Crippen molar-refractivity contribution in [3.8, 4) is 17.2 Å². The Morgan fingerprint density at radius 3 is 2.47 bits per heavy atom. The summed E-state index contributed by atoms with van der Waals surface area (Å²) in [6, 6.07) is 22.9. The summed E-state index contributed by atoms with van der Waals surface area (Å²) in [6.45, 7) is 5.60. The molecular formula is C25H24N2O3. The van der Waals surface area contributed by atoms with Gasteiger partial charge >= 0.3 is 0 Å². The fourth-order valence-corrected chi connectivity index (χ4v) is 3.12. The van der Waals surface area contributed by atoms with Gasteiger partial charge in [-0.25, -0.2) is 4.98 Å². The van der Waals surface area contributed by atoms with Crippen molar-refractivity contribution in [2.45, 2.75) is 32.8 Å². The smallest absolute Gasteiger partial charge is 0.267 e. The minimum absolute atomic E-state index is 0.246. The average molecular weight is 400 g/mol. The minimum Gasteiger partial charge on any atom is -0.478 e. The topological polar surface area (TPSA) is 64.4 Å². The van der Waals surface area contributed by atoms with Crippen LogP contribution in [-0.2, 0) is 11.2 Å². The first kappa shape index (κ1) is 19.7. The predicted octanol–water partition coefficient (Wildman–Crippen LogP) is 5.85. The lowest BCUT2D eigenvalue weighted by Crippen LogP contribution is -2.42. The Bertz CT molecular complexity index is 1160. The highest BCUT2D eigenvalue weighted by Gasteiger charge is 2.30. The number of nitrogens with one attached hydrogen (secondary N) is 1. The number of amides is 1. The van der Waals surface area contributed by atoms with Gasteiger partial charge in [0.2, 0.25) is 5.89 Å². The van der Waals surface area contributed by atoms with E-state index in [1.807, 2.05) is 48.5 Å². The normalized spacial score (nSPS) is 11.4. The Hall–Kier alpha value is -3.60. The lowest BCUT2D eigenvalue weighted by molar-refractivity contribution is -0.128. The summed E-state index contributed by atoms with van der Waals surface area (Å²) in [5, 5.41) is 2.91. The zero-order valence-electron chi connectivity index (χ0n) is 17.3. The molecule has 0 spiro atoms. The van der Waals surface area contributed by atoms with Gasteiger partial charge in [-0.15, -0.1) is 0 Å². The Kier molecular flexibility index (Phi) is 5.27. The number of aryl methyl sites for hydroxylation is 1. The molecule has 0 atom stereocenters. The molecule has 0 saturated carbocycles. The van der Waals surface area contributed by atoms with Crippen molar-refractivity contribution < 1.29 is 13.9 Å². The maximum atomic E-state index is 12.8. The van der Waals surface area contributed by atoms with E-state index in [9.17, 15) is 4.79 Å². The number of aromatic nitrogens is 1. The molecule has 0 bridgehead atoms. The second kappa shape index (κ2) is 8.03. The molecule has 152 valence electrons. The van der Waals surface area contributed by atoms with Crippen LogP contribution in [0.4, 0.5) is 5.69 Å². The van der Waals surface area contributed by atoms with Crippen molar-refractivity contribution in [1.29, 1.82) is 0 Å². The number of nitrogens with zero attached hydrogens (tertiary/aromatic N) is 1. The van der Waals surface area contributed by atoms with Crippen LogP contribution in [0.3, 0.4) is 0 Å². The molecule has 1 heterocycles. The average Bonchev–Trinajstić information content (AvgIpc) is 3.17. The number of oxazole rings is 1. The van der Waals surface area contributed by atoms with Crippen molar-refractivity contribution in [1.82, 2.24) is 4.98 Å². The Labute approximate surface area is 175 Å². The van der Waals surface area contributed by atoms with E-state index in [-0.39, 0.29) is 5.91 Å². The van der Waals surface area contributed by atoms with Gasteiger partial charge in [0.15, 0.2) is 11.2 Å². The number of carbonyl (C=O) groups is 1. The van der Waals surface area contributed by atoms with Crippen molar-refractivity contribution >= 4 is 22.7 Å². The largest absolute Gasteiger partial charge is 0.478 e. The lowest BCUT2D eigenvalue weighted by Gasteiger charge is -2.25. The highest BCUT2D eigenvalue weighted by molar-refractivity contribution is 5.98. The molecule has 4 aromatic rings. The highest BCUT2D eigenvalue weighted by atomic mass is 16.5. The third kappa shape index (κ3) is 4.20. The van der Waals surface area contributed by atoms with Crippen LogP contribution in [0.5, 0.6) is 5.75 Å². The first-order chi connectivity index (χ1) is 14.4. The molecule has 1 N–H and O–H groups in total. The quantitative estimate of drug-likeness (QED) is 0.441. The van der Waals surface area contributed by atoms with Gasteiger partial charge in [-0.3, -0.25) is 4.79 Å². The first-order valence-corrected chi connectivity index (χ1v) is 10.00. The van der Waals surface area contributed by atoms with Crippen molar-refractivity contribution in [2.75, 3.05) is 5.32 Å². The van der Waals surface area contributed by atoms with Crippen molar-refractivity contribution in [3.05, 3.63) is 78.4 Å². The number of carbonyl (C=O) groups excluding carboxylic acids is 1. The molecule has 4 rings (SSSR count). The van der Waals surface area contributed by atoms with E-state index in [4.69, 9.17) is 9.15 Å². The third-order valence-corrected chi connectivity index (χ3v) is 4.92. The van der Waals surface area contributed by atoms with E-state index in [2.05, 4.69) is 29.4 Å². The predicted molar refractivity (Wildman–Crippen MR) is 119 cm³/mol. The highest BCUT2D eigenvalue weighted by Crippen LogP contribution is 2.27. The van der Waals surface area contributed by atoms with Crippen molar-refractivity contribution in [3.63, 3.8) is 0 Å². The maximum Gasteiger partial charge on any atom is 0.267 e. The fraction of sp³-hybridized carbons (Fsp3) is 0.200. The zero-order valence-corrected chi connectivity index (χ0v) is 17.3. The van der Waals surface area contributed by atoms with E-state index in [0.717, 1.165) is 12.0 Å². The number of hydrogen-bond donors (Lipinski definition) is 1. The number of anilines is 1. The van der Waals surface area contributed by atoms with Crippen LogP contribution in [-0.4, -0.2) is 16.5 Å². The molecule has 1 aromatic heterocycles. The van der Waals surface area contributed by atoms with Gasteiger partial charge in [0.05, 0.1) is 0 Å². The van der Waals surface area contributed by atoms with Gasteiger partial charge in [-0.2, -0.15) is 0 Å². The molecule has 5 nitrogen and oxygen atoms in total. The minimum atomic E-state index is -1.04. The van der Waals surface area contributed by atoms with Gasteiger partial charge in [0.1, 0.15) is 11.3 Å². The SMILES string of the molecule is CCc1ccc(-c2nc3cc(NC(=O)C(C)(C)Oc4ccccc4)ccc3o2)cc1. The molecule has 3 aromatic carbocycles. The molecule has 0 radical (unpaired) electrons. The summed E-state index contributed by atoms with van der Waals surface area (Å²) >= 11 is 0. The van der Waals surface area contributed by atoms with E-state index < -0.39 is 5.60 Å². The van der Waals surface area contributed by atoms with E-state index >= 15 is 0 Å². The summed E-state index contributed by atoms with van der Waals surface area (Å²) in [7, 11) is 0. The number of ether oxygens (including phenoxy) is 1. The van der Waals surface area contributed by atoms with E-state index in [1.165, 1.54) is 5.56 Å². The van der Waals surface area contributed by atoms with Gasteiger partial charge in [0.25, 0.3) is 5.91 Å². The fourth-order valence-electron chi connectivity index (χ4n) is 3.12. The number of hydrogen-bond acceptors (Lipinski definition) is 4. The summed E-state index contributed by atoms with van der Waals surface area (Å²) in [4.78, 5) is 17.4. The van der Waals surface area contributed by atoms with Crippen LogP contribution >= 0.6 is 0 Å². The Morgan fingerprint density at radius 2 is 1.77 bits per heavy atom. The number of rotatable bonds is 6. The monoisotopic (exact) mass is 400 g/mol. The molecule has 0 aliphatic heterocycles. The molecule has 0 saturated heterocycles. The standard InChI is InChI=1S/C25H24N2O3/c1-4-17-10-12-18(13-11-17)23-27-21-16-19(14-15-22(21)29-23)26-24(28)25(2,3)30-20-8-6-5-7-9-20/h5-16H,4H2,1-3H3,(H,26,28). The lowest BCUT2D eigenvalue weighted by atomic mass is 10.1. The summed E-state index contributed by atoms with van der Waals surface area (Å²) in [5.41, 5.74) is 3.14. The summed E-state index contributed by atoms with van der Waals surface area (Å²) in [5.74, 6) is 0.955. The second-order valence-electron chi connectivity index (χ2n) is 7.63. The van der Waals surface area contributed by atoms with Gasteiger partial charge in [0, 0.05) is 11.3 Å². The van der Waals surface area contributed by atoms with Crippen LogP contribution in [0.15, 0.2) is 77.2 Å². The molecule has 0 fully saturated rings. The molecule has 30 heavy (non-hydrogen) atoms. The second-order valence-corrected chi connectivity index (χ2v) is 7.63. The summed E-state index contributed by atoms with van der Waals surface area (Å²) in [6.07, 6.45) is 0.987. The van der Waals surface area contributed by atoms with Gasteiger partial charge in [-0.1, -0.05) is 37.3 Å². The third-order valence-electron chi connectivity index (χ3n) is 4.92. The molecule has 0 aliphatic carbocycles. The van der Waals surface area contributed by atoms with Crippen LogP contribution in [0.2, 0.25) is 0 Å². The molecule has 0 unspecified atom stereocenters. The van der Waals surface area contributed by atoms with Crippen LogP contribution < -0.4 is 10.1 Å². The molecule has 5 heteroatoms. The van der Waals surface area contributed by atoms with E-state index in [0.29, 0.717) is 28.4 Å². The number of fused-ring (bicyclic) bond motifs is 1. The molecular weight excluding hydrogens is 376 g/mol. The zero-order chi connectivity index (χ0) is 21.1. The number of benzene rings is 3. The van der Waals surface area contributed by atoms with Crippen LogP contribution in [0, 0.1) is 0 Å². The van der Waals surface area contributed by atoms with Gasteiger partial charge in [-0.05, 0) is 68.3 Å². The Morgan fingerprint density at radius 1 is 1.03 bits per heavy atom.